The van der Waals surface area contributed by atoms with Crippen molar-refractivity contribution in [3.05, 3.63) is 284 Å². The van der Waals surface area contributed by atoms with Crippen LogP contribution in [0.2, 0.25) is 0 Å². The van der Waals surface area contributed by atoms with Gasteiger partial charge in [0.1, 0.15) is 0 Å². The molecule has 0 aliphatic carbocycles. The summed E-state index contributed by atoms with van der Waals surface area (Å²) < 4.78 is 42.3. The van der Waals surface area contributed by atoms with Crippen LogP contribution in [-0.2, 0) is 5.41 Å². The molecule has 0 saturated carbocycles. The summed E-state index contributed by atoms with van der Waals surface area (Å²) in [6.07, 6.45) is 0. The molecule has 4 nitrogen and oxygen atoms in total. The van der Waals surface area contributed by atoms with Crippen LogP contribution in [0.3, 0.4) is 0 Å². The van der Waals surface area contributed by atoms with E-state index >= 15 is 0 Å². The summed E-state index contributed by atoms with van der Waals surface area (Å²) in [5.74, 6) is 0. The van der Waals surface area contributed by atoms with E-state index in [0.29, 0.717) is 22.0 Å². The van der Waals surface area contributed by atoms with Crippen molar-refractivity contribution in [2.75, 3.05) is 4.90 Å². The van der Waals surface area contributed by atoms with E-state index in [1.54, 1.807) is 0 Å². The molecule has 12 aromatic carbocycles. The van der Waals surface area contributed by atoms with Crippen molar-refractivity contribution in [3.8, 4) is 84.6 Å². The Balaban J connectivity index is 1.14. The van der Waals surface area contributed by atoms with E-state index in [4.69, 9.17) is 1.37 Å². The van der Waals surface area contributed by atoms with Crippen LogP contribution >= 0.6 is 0 Å². The van der Waals surface area contributed by atoms with Gasteiger partial charge in [0.2, 0.25) is 0 Å². The summed E-state index contributed by atoms with van der Waals surface area (Å²) in [5.41, 5.74) is 22.6. The van der Waals surface area contributed by atoms with Crippen molar-refractivity contribution in [1.82, 2.24) is 4.57 Å². The third-order valence-electron chi connectivity index (χ3n) is 16.8. The second-order valence-corrected chi connectivity index (χ2v) is 25.0. The molecule has 0 fully saturated rings. The van der Waals surface area contributed by atoms with Crippen LogP contribution in [0.5, 0.6) is 0 Å². The van der Waals surface area contributed by atoms with E-state index in [9.17, 15) is 14.6 Å². The molecule has 6 heteroatoms. The molecule has 2 aliphatic rings. The van der Waals surface area contributed by atoms with Crippen LogP contribution in [0, 0.1) is 22.7 Å². The SMILES string of the molecule is [2H]c1c([2H])c([2H])c2c(c1[2H])c1cc(C(C)(C)C)ccc1n2-c1cc2c3c(c1)N(c1c(-c4ccc(C#N)cc4)cccc1-c1ccc(C#N)cc1)c1cc(-c4ccccc4)c(-c4ccccc4)cc1B3c1cc(-c3ccccc3)c(-c3ccccc3)cc1[Se]2. The quantitative estimate of drug-likeness (QED) is 0.143. The zero-order valence-electron chi connectivity index (χ0n) is 50.4. The second kappa shape index (κ2) is 20.4. The van der Waals surface area contributed by atoms with E-state index in [1.807, 2.05) is 48.5 Å². The van der Waals surface area contributed by atoms with Gasteiger partial charge in [-0.15, -0.1) is 0 Å². The summed E-state index contributed by atoms with van der Waals surface area (Å²) in [7, 11) is 0. The number of benzene rings is 12. The van der Waals surface area contributed by atoms with Gasteiger partial charge in [0.25, 0.3) is 0 Å². The van der Waals surface area contributed by atoms with E-state index < -0.39 is 0 Å². The normalized spacial score (nSPS) is 13.0. The molecule has 3 heterocycles. The van der Waals surface area contributed by atoms with Gasteiger partial charge < -0.3 is 0 Å². The summed E-state index contributed by atoms with van der Waals surface area (Å²) in [6, 6.07) is 89.3. The first-order chi connectivity index (χ1) is 42.9. The van der Waals surface area contributed by atoms with Gasteiger partial charge in [-0.3, -0.25) is 0 Å². The molecule has 0 radical (unpaired) electrons. The average Bonchev–Trinajstić information content (AvgIpc) is 0.952. The van der Waals surface area contributed by atoms with Crippen molar-refractivity contribution in [2.45, 2.75) is 26.2 Å². The Morgan fingerprint density at radius 2 is 0.929 bits per heavy atom. The van der Waals surface area contributed by atoms with Crippen LogP contribution in [0.1, 0.15) is 42.9 Å². The Bertz CT molecular complexity index is 5010. The molecule has 84 heavy (non-hydrogen) atoms. The average molecular weight is 1140 g/mol. The van der Waals surface area contributed by atoms with Gasteiger partial charge in [0.15, 0.2) is 0 Å². The maximum atomic E-state index is 10.2. The van der Waals surface area contributed by atoms with E-state index in [1.165, 1.54) is 9.92 Å². The minimum atomic E-state index is -0.333. The molecule has 394 valence electrons. The molecule has 13 aromatic rings. The summed E-state index contributed by atoms with van der Waals surface area (Å²) in [4.78, 5) is 2.47. The Hall–Kier alpha value is -10.2. The fraction of sp³-hybridized carbons (Fsp3) is 0.0513. The van der Waals surface area contributed by atoms with Gasteiger partial charge in [-0.1, -0.05) is 0 Å². The molecular formula is C78H53BN4Se. The molecule has 0 N–H and O–H groups in total. The Kier molecular flexibility index (Phi) is 11.2. The third kappa shape index (κ3) is 8.50. The number of anilines is 3. The monoisotopic (exact) mass is 1140 g/mol. The Labute approximate surface area is 502 Å². The molecule has 0 spiro atoms. The number of nitriles is 2. The predicted octanol–water partition coefficient (Wildman–Crippen LogP) is 16.1. The van der Waals surface area contributed by atoms with Gasteiger partial charge >= 0.3 is 506 Å². The molecule has 1 aromatic heterocycles. The van der Waals surface area contributed by atoms with Crippen molar-refractivity contribution >= 4 is 85.8 Å². The number of aromatic nitrogens is 1. The second-order valence-electron chi connectivity index (χ2n) is 22.7. The number of hydrogen-bond donors (Lipinski definition) is 0. The van der Waals surface area contributed by atoms with Gasteiger partial charge in [-0.05, 0) is 0 Å². The van der Waals surface area contributed by atoms with Crippen molar-refractivity contribution < 1.29 is 5.48 Å². The van der Waals surface area contributed by atoms with Crippen LogP contribution in [0.25, 0.3) is 94.3 Å². The number of para-hydroxylation sites is 2. The number of nitrogens with zero attached hydrogens (tertiary/aromatic N) is 4. The van der Waals surface area contributed by atoms with Gasteiger partial charge in [0.05, 0.1) is 0 Å². The summed E-state index contributed by atoms with van der Waals surface area (Å²) >= 11 is -0.333. The fourth-order valence-electron chi connectivity index (χ4n) is 12.8. The van der Waals surface area contributed by atoms with E-state index in [0.717, 1.165) is 121 Å². The van der Waals surface area contributed by atoms with E-state index in [2.05, 4.69) is 237 Å². The number of hydrogen-bond acceptors (Lipinski definition) is 3. The standard InChI is InChI=1S/C78H53BN4Se/c1-78(2,3)58-39-40-71-67(41-58)62-27-16-17-30-70(62)82(71)59-42-73-76-75(43-59)84-74-47-66(55-25-14-7-15-26-55)64(53-21-10-5-11-22-53)45-69(74)79(76)68-44-63(52-19-8-4-9-20-52)65(54-23-12-6-13-24-54)46-72(68)83(73)77-60(56-35-31-50(48-80)32-36-56)28-18-29-61(77)57-37-33-51(49-81)34-38-57/h4-47H,1-3H3/i16D,17D,27D,30D. The molecule has 0 saturated heterocycles. The van der Waals surface area contributed by atoms with Crippen LogP contribution in [0.15, 0.2) is 267 Å². The third-order valence-corrected chi connectivity index (χ3v) is 19.2. The van der Waals surface area contributed by atoms with Crippen molar-refractivity contribution in [3.63, 3.8) is 0 Å². The van der Waals surface area contributed by atoms with Crippen LogP contribution in [-0.4, -0.2) is 26.2 Å². The van der Waals surface area contributed by atoms with Crippen molar-refractivity contribution in [2.24, 2.45) is 0 Å². The van der Waals surface area contributed by atoms with E-state index in [-0.39, 0.29) is 51.3 Å². The predicted molar refractivity (Wildman–Crippen MR) is 352 cm³/mol. The first-order valence-electron chi connectivity index (χ1n) is 30.3. The zero-order chi connectivity index (χ0) is 60.1. The number of rotatable bonds is 8. The molecular weight excluding hydrogens is 1080 g/mol. The molecule has 0 unspecified atom stereocenters. The van der Waals surface area contributed by atoms with Crippen molar-refractivity contribution in [1.29, 1.82) is 10.5 Å². The number of fused-ring (bicyclic) bond motifs is 7. The van der Waals surface area contributed by atoms with Crippen LogP contribution in [0.4, 0.5) is 17.1 Å². The first kappa shape index (κ1) is 46.4. The summed E-state index contributed by atoms with van der Waals surface area (Å²) in [5, 5.41) is 21.6. The fourth-order valence-corrected chi connectivity index (χ4v) is 15.3. The topological polar surface area (TPSA) is 55.8 Å². The maximum absolute atomic E-state index is 10.2. The summed E-state index contributed by atoms with van der Waals surface area (Å²) in [6.45, 7) is 6.19. The van der Waals surface area contributed by atoms with Crippen LogP contribution < -0.4 is 30.2 Å². The van der Waals surface area contributed by atoms with Gasteiger partial charge in [-0.2, -0.15) is 0 Å². The minimum absolute atomic E-state index is 0.0763. The molecule has 2 aliphatic heterocycles. The molecule has 0 amide bonds. The Morgan fingerprint density at radius 3 is 1.46 bits per heavy atom. The molecule has 15 rings (SSSR count). The first-order valence-corrected chi connectivity index (χ1v) is 30.0. The Morgan fingerprint density at radius 1 is 0.429 bits per heavy atom. The molecule has 0 bridgehead atoms. The van der Waals surface area contributed by atoms with Gasteiger partial charge in [0, 0.05) is 0 Å². The van der Waals surface area contributed by atoms with Gasteiger partial charge in [-0.25, -0.2) is 0 Å². The molecule has 0 atom stereocenters. The zero-order valence-corrected chi connectivity index (χ0v) is 48.1.